The van der Waals surface area contributed by atoms with Gasteiger partial charge in [-0.15, -0.1) is 12.3 Å². The van der Waals surface area contributed by atoms with Crippen molar-refractivity contribution in [3.63, 3.8) is 0 Å². The lowest BCUT2D eigenvalue weighted by Crippen LogP contribution is -2.31. The van der Waals surface area contributed by atoms with E-state index in [-0.39, 0.29) is 11.9 Å². The highest BCUT2D eigenvalue weighted by Gasteiger charge is 2.02. The van der Waals surface area contributed by atoms with Crippen LogP contribution in [-0.4, -0.2) is 23.6 Å². The molecule has 0 saturated heterocycles. The Morgan fingerprint density at radius 2 is 2.46 bits per heavy atom. The molecule has 4 nitrogen and oxygen atoms in total. The van der Waals surface area contributed by atoms with E-state index < -0.39 is 0 Å². The molecular weight excluding hydrogens is 166 g/mol. The van der Waals surface area contributed by atoms with Crippen LogP contribution in [0.3, 0.4) is 0 Å². The molecule has 0 aliphatic heterocycles. The third-order valence-corrected chi connectivity index (χ3v) is 1.63. The fourth-order valence-corrected chi connectivity index (χ4v) is 0.966. The lowest BCUT2D eigenvalue weighted by molar-refractivity contribution is 0.316. The number of nitrogens with zero attached hydrogens (tertiary/aromatic N) is 1. The monoisotopic (exact) mass is 183 g/mol. The van der Waals surface area contributed by atoms with Crippen molar-refractivity contribution in [2.45, 2.75) is 32.2 Å². The summed E-state index contributed by atoms with van der Waals surface area (Å²) < 4.78 is 0. The van der Waals surface area contributed by atoms with Gasteiger partial charge in [0.2, 0.25) is 0 Å². The van der Waals surface area contributed by atoms with Crippen molar-refractivity contribution >= 4 is 5.84 Å². The predicted molar refractivity (Wildman–Crippen MR) is 53.6 cm³/mol. The second-order valence-corrected chi connectivity index (χ2v) is 2.96. The Hall–Kier alpha value is -1.21. The Balaban J connectivity index is 3.41. The van der Waals surface area contributed by atoms with Crippen molar-refractivity contribution in [2.24, 2.45) is 10.9 Å². The zero-order valence-corrected chi connectivity index (χ0v) is 7.95. The minimum Gasteiger partial charge on any atom is -0.409 e. The van der Waals surface area contributed by atoms with Crippen molar-refractivity contribution in [1.29, 1.82) is 0 Å². The van der Waals surface area contributed by atoms with Gasteiger partial charge in [-0.2, -0.15) is 0 Å². The van der Waals surface area contributed by atoms with Crippen molar-refractivity contribution in [3.8, 4) is 12.3 Å². The maximum Gasteiger partial charge on any atom is 0.140 e. The minimum absolute atomic E-state index is 0.216. The summed E-state index contributed by atoms with van der Waals surface area (Å²) in [5, 5.41) is 14.4. The summed E-state index contributed by atoms with van der Waals surface area (Å²) in [5.74, 6) is 2.81. The molecule has 0 rings (SSSR count). The van der Waals surface area contributed by atoms with E-state index in [1.807, 2.05) is 6.92 Å². The topological polar surface area (TPSA) is 70.6 Å². The van der Waals surface area contributed by atoms with Gasteiger partial charge in [0.1, 0.15) is 5.84 Å². The van der Waals surface area contributed by atoms with Crippen molar-refractivity contribution < 1.29 is 5.21 Å². The maximum atomic E-state index is 8.30. The summed E-state index contributed by atoms with van der Waals surface area (Å²) in [6, 6.07) is 0.216. The van der Waals surface area contributed by atoms with Crippen LogP contribution in [0.1, 0.15) is 26.2 Å². The van der Waals surface area contributed by atoms with E-state index in [4.69, 9.17) is 17.4 Å². The zero-order chi connectivity index (χ0) is 10.1. The van der Waals surface area contributed by atoms with E-state index in [1.165, 1.54) is 0 Å². The van der Waals surface area contributed by atoms with Gasteiger partial charge in [-0.25, -0.2) is 0 Å². The largest absolute Gasteiger partial charge is 0.409 e. The van der Waals surface area contributed by atoms with E-state index in [0.29, 0.717) is 6.42 Å². The average Bonchev–Trinajstić information content (AvgIpc) is 2.12. The van der Waals surface area contributed by atoms with Gasteiger partial charge in [-0.1, -0.05) is 5.16 Å². The highest BCUT2D eigenvalue weighted by molar-refractivity contribution is 5.80. The van der Waals surface area contributed by atoms with E-state index in [2.05, 4.69) is 16.4 Å². The molecule has 0 aromatic carbocycles. The summed E-state index contributed by atoms with van der Waals surface area (Å²) in [5.41, 5.74) is 5.33. The molecule has 0 amide bonds. The van der Waals surface area contributed by atoms with E-state index >= 15 is 0 Å². The second kappa shape index (κ2) is 7.44. The van der Waals surface area contributed by atoms with Gasteiger partial charge >= 0.3 is 0 Å². The summed E-state index contributed by atoms with van der Waals surface area (Å²) in [6.07, 6.45) is 7.38. The molecule has 4 heteroatoms. The van der Waals surface area contributed by atoms with Gasteiger partial charge in [0.25, 0.3) is 0 Å². The summed E-state index contributed by atoms with van der Waals surface area (Å²) in [6.45, 7) is 2.85. The van der Waals surface area contributed by atoms with Gasteiger partial charge in [0.05, 0.1) is 0 Å². The fraction of sp³-hybridized carbons (Fsp3) is 0.667. The highest BCUT2D eigenvalue weighted by Crippen LogP contribution is 1.91. The molecule has 1 atom stereocenters. The average molecular weight is 183 g/mol. The van der Waals surface area contributed by atoms with E-state index in [0.717, 1.165) is 19.4 Å². The summed E-state index contributed by atoms with van der Waals surface area (Å²) in [4.78, 5) is 0. The van der Waals surface area contributed by atoms with Gasteiger partial charge in [0, 0.05) is 18.9 Å². The molecule has 0 aliphatic rings. The van der Waals surface area contributed by atoms with Crippen molar-refractivity contribution in [2.75, 3.05) is 6.54 Å². The molecule has 0 spiro atoms. The lowest BCUT2D eigenvalue weighted by Gasteiger charge is -2.11. The molecule has 0 aromatic rings. The first-order valence-electron chi connectivity index (χ1n) is 4.34. The second-order valence-electron chi connectivity index (χ2n) is 2.96. The molecule has 0 radical (unpaired) electrons. The molecule has 0 aliphatic carbocycles. The Labute approximate surface area is 79.2 Å². The van der Waals surface area contributed by atoms with Crippen LogP contribution in [0.4, 0.5) is 0 Å². The molecule has 0 heterocycles. The number of terminal acetylenes is 1. The number of rotatable bonds is 6. The Morgan fingerprint density at radius 3 is 3.00 bits per heavy atom. The third kappa shape index (κ3) is 7.16. The molecular formula is C9H17N3O. The number of oxime groups is 1. The van der Waals surface area contributed by atoms with Crippen molar-refractivity contribution in [1.82, 2.24) is 5.32 Å². The van der Waals surface area contributed by atoms with Crippen LogP contribution >= 0.6 is 0 Å². The Morgan fingerprint density at radius 1 is 1.77 bits per heavy atom. The summed E-state index contributed by atoms with van der Waals surface area (Å²) in [7, 11) is 0. The van der Waals surface area contributed by atoms with Gasteiger partial charge in [-0.3, -0.25) is 0 Å². The number of nitrogens with two attached hydrogens (primary N) is 1. The predicted octanol–water partition coefficient (Wildman–Crippen LogP) is 0.514. The van der Waals surface area contributed by atoms with Crippen LogP contribution in [-0.2, 0) is 0 Å². The van der Waals surface area contributed by atoms with Crippen LogP contribution in [0.15, 0.2) is 5.16 Å². The Bertz CT molecular complexity index is 196. The lowest BCUT2D eigenvalue weighted by atomic mass is 10.2. The number of unbranched alkanes of at least 4 members (excludes halogenated alkanes) is 1. The number of nitrogens with one attached hydrogen (secondary N) is 1. The first kappa shape index (κ1) is 11.8. The third-order valence-electron chi connectivity index (χ3n) is 1.63. The maximum absolute atomic E-state index is 8.30. The molecule has 0 bridgehead atoms. The smallest absolute Gasteiger partial charge is 0.140 e. The first-order valence-corrected chi connectivity index (χ1v) is 4.34. The number of hydrogen-bond donors (Lipinski definition) is 3. The molecule has 0 aromatic heterocycles. The Kier molecular flexibility index (Phi) is 6.75. The fourth-order valence-electron chi connectivity index (χ4n) is 0.966. The standard InChI is InChI=1S/C9H17N3O/c1-3-4-5-6-11-8(2)7-9(10)12-13/h1,8,11,13H,4-7H2,2H3,(H2,10,12). The molecule has 0 saturated carbocycles. The van der Waals surface area contributed by atoms with E-state index in [9.17, 15) is 0 Å². The SMILES string of the molecule is C#CCCCNC(C)CC(N)=NO. The van der Waals surface area contributed by atoms with Crippen LogP contribution in [0.25, 0.3) is 0 Å². The number of amidine groups is 1. The molecule has 13 heavy (non-hydrogen) atoms. The van der Waals surface area contributed by atoms with Crippen molar-refractivity contribution in [3.05, 3.63) is 0 Å². The van der Waals surface area contributed by atoms with Gasteiger partial charge in [-0.05, 0) is 19.9 Å². The van der Waals surface area contributed by atoms with Gasteiger partial charge < -0.3 is 16.3 Å². The zero-order valence-electron chi connectivity index (χ0n) is 7.95. The van der Waals surface area contributed by atoms with Gasteiger partial charge in [0.15, 0.2) is 0 Å². The van der Waals surface area contributed by atoms with Crippen LogP contribution in [0, 0.1) is 12.3 Å². The highest BCUT2D eigenvalue weighted by atomic mass is 16.4. The first-order chi connectivity index (χ1) is 6.20. The number of hydrogen-bond acceptors (Lipinski definition) is 3. The molecule has 74 valence electrons. The molecule has 0 fully saturated rings. The van der Waals surface area contributed by atoms with Crippen LogP contribution in [0.2, 0.25) is 0 Å². The summed E-state index contributed by atoms with van der Waals surface area (Å²) >= 11 is 0. The normalized spacial score (nSPS) is 13.7. The van der Waals surface area contributed by atoms with E-state index in [1.54, 1.807) is 0 Å². The van der Waals surface area contributed by atoms with Crippen LogP contribution in [0.5, 0.6) is 0 Å². The van der Waals surface area contributed by atoms with Crippen LogP contribution < -0.4 is 11.1 Å². The quantitative estimate of drug-likeness (QED) is 0.140. The molecule has 4 N–H and O–H groups in total. The minimum atomic E-state index is 0.216. The molecule has 1 unspecified atom stereocenters.